The summed E-state index contributed by atoms with van der Waals surface area (Å²) in [6.45, 7) is 1.41. The molecule has 0 aliphatic rings. The molecule has 1 N–H and O–H groups in total. The van der Waals surface area contributed by atoms with Crippen LogP contribution in [0.25, 0.3) is 0 Å². The van der Waals surface area contributed by atoms with E-state index in [9.17, 15) is 9.59 Å². The quantitative estimate of drug-likeness (QED) is 0.843. The van der Waals surface area contributed by atoms with E-state index < -0.39 is 11.9 Å². The topological polar surface area (TPSA) is 68.5 Å². The Balaban J connectivity index is 1.86. The van der Waals surface area contributed by atoms with E-state index in [4.69, 9.17) is 32.4 Å². The van der Waals surface area contributed by atoms with Crippen molar-refractivity contribution < 1.29 is 18.7 Å². The summed E-state index contributed by atoms with van der Waals surface area (Å²) in [7, 11) is 0. The molecular weight excluding hydrogens is 329 g/mol. The lowest BCUT2D eigenvalue weighted by Crippen LogP contribution is -2.31. The summed E-state index contributed by atoms with van der Waals surface area (Å²) in [5.74, 6) is -1.04. The van der Waals surface area contributed by atoms with Gasteiger partial charge in [-0.15, -0.1) is 0 Å². The van der Waals surface area contributed by atoms with E-state index in [1.165, 1.54) is 18.6 Å². The van der Waals surface area contributed by atoms with Gasteiger partial charge in [0.05, 0.1) is 27.9 Å². The van der Waals surface area contributed by atoms with E-state index in [-0.39, 0.29) is 18.2 Å². The standard InChI is InChI=1S/C15H13Cl2NO4/c1-9(10-2-3-12(16)13(17)6-10)18-14(19)8-22-15(20)11-4-5-21-7-11/h2-7,9H,8H2,1H3,(H,18,19). The predicted octanol–water partition coefficient (Wildman–Crippen LogP) is 3.62. The van der Waals surface area contributed by atoms with E-state index in [0.29, 0.717) is 10.0 Å². The van der Waals surface area contributed by atoms with Crippen molar-refractivity contribution >= 4 is 35.1 Å². The number of hydrogen-bond acceptors (Lipinski definition) is 4. The summed E-state index contributed by atoms with van der Waals surface area (Å²) in [4.78, 5) is 23.3. The number of ether oxygens (including phenoxy) is 1. The van der Waals surface area contributed by atoms with E-state index in [0.717, 1.165) is 5.56 Å². The van der Waals surface area contributed by atoms with Gasteiger partial charge in [-0.05, 0) is 30.7 Å². The van der Waals surface area contributed by atoms with Crippen LogP contribution in [0, 0.1) is 0 Å². The summed E-state index contributed by atoms with van der Waals surface area (Å²) in [5, 5.41) is 3.55. The zero-order valence-corrected chi connectivity index (χ0v) is 13.1. The fourth-order valence-corrected chi connectivity index (χ4v) is 2.05. The molecule has 22 heavy (non-hydrogen) atoms. The van der Waals surface area contributed by atoms with Crippen molar-refractivity contribution in [2.75, 3.05) is 6.61 Å². The molecule has 0 aliphatic heterocycles. The van der Waals surface area contributed by atoms with Gasteiger partial charge in [-0.1, -0.05) is 29.3 Å². The average molecular weight is 342 g/mol. The maximum atomic E-state index is 11.8. The van der Waals surface area contributed by atoms with Crippen LogP contribution in [-0.4, -0.2) is 18.5 Å². The Morgan fingerprint density at radius 1 is 1.27 bits per heavy atom. The Kier molecular flexibility index (Phi) is 5.46. The molecule has 0 spiro atoms. The number of benzene rings is 1. The molecule has 1 atom stereocenters. The monoisotopic (exact) mass is 341 g/mol. The molecule has 1 amide bonds. The van der Waals surface area contributed by atoms with Crippen LogP contribution in [0.5, 0.6) is 0 Å². The Bertz CT molecular complexity index is 670. The number of amides is 1. The normalized spacial score (nSPS) is 11.8. The second kappa shape index (κ2) is 7.33. The lowest BCUT2D eigenvalue weighted by molar-refractivity contribution is -0.124. The summed E-state index contributed by atoms with van der Waals surface area (Å²) < 4.78 is 9.63. The van der Waals surface area contributed by atoms with Gasteiger partial charge in [0.1, 0.15) is 6.26 Å². The molecule has 116 valence electrons. The van der Waals surface area contributed by atoms with E-state index >= 15 is 0 Å². The highest BCUT2D eigenvalue weighted by atomic mass is 35.5. The molecule has 0 fully saturated rings. The molecule has 2 aromatic rings. The average Bonchev–Trinajstić information content (AvgIpc) is 3.02. The van der Waals surface area contributed by atoms with Gasteiger partial charge in [-0.25, -0.2) is 4.79 Å². The lowest BCUT2D eigenvalue weighted by Gasteiger charge is -2.15. The zero-order valence-electron chi connectivity index (χ0n) is 11.6. The fourth-order valence-electron chi connectivity index (χ4n) is 1.74. The number of furan rings is 1. The Hall–Kier alpha value is -1.98. The second-order valence-corrected chi connectivity index (χ2v) is 5.37. The summed E-state index contributed by atoms with van der Waals surface area (Å²) in [6.07, 6.45) is 2.60. The summed E-state index contributed by atoms with van der Waals surface area (Å²) >= 11 is 11.8. The third-order valence-electron chi connectivity index (χ3n) is 2.91. The van der Waals surface area contributed by atoms with Gasteiger partial charge in [0.25, 0.3) is 5.91 Å². The molecule has 0 aliphatic carbocycles. The Morgan fingerprint density at radius 3 is 2.68 bits per heavy atom. The van der Waals surface area contributed by atoms with Crippen molar-refractivity contribution in [1.29, 1.82) is 0 Å². The van der Waals surface area contributed by atoms with E-state index in [1.54, 1.807) is 25.1 Å². The molecule has 0 bridgehead atoms. The van der Waals surface area contributed by atoms with Crippen molar-refractivity contribution in [3.8, 4) is 0 Å². The van der Waals surface area contributed by atoms with Crippen LogP contribution in [0.3, 0.4) is 0 Å². The Morgan fingerprint density at radius 2 is 2.05 bits per heavy atom. The molecule has 5 nitrogen and oxygen atoms in total. The number of carbonyl (C=O) groups is 2. The fraction of sp³-hybridized carbons (Fsp3) is 0.200. The highest BCUT2D eigenvalue weighted by Gasteiger charge is 2.14. The van der Waals surface area contributed by atoms with Gasteiger partial charge in [-0.3, -0.25) is 4.79 Å². The van der Waals surface area contributed by atoms with Gasteiger partial charge < -0.3 is 14.5 Å². The van der Waals surface area contributed by atoms with Crippen LogP contribution < -0.4 is 5.32 Å². The number of carbonyl (C=O) groups excluding carboxylic acids is 2. The molecule has 1 heterocycles. The molecule has 2 rings (SSSR count). The molecule has 1 unspecified atom stereocenters. The summed E-state index contributed by atoms with van der Waals surface area (Å²) in [6, 6.07) is 6.25. The molecule has 0 saturated heterocycles. The third kappa shape index (κ3) is 4.26. The minimum atomic E-state index is -0.619. The first-order valence-corrected chi connectivity index (χ1v) is 7.16. The Labute approximate surface area is 137 Å². The number of rotatable bonds is 5. The number of esters is 1. The van der Waals surface area contributed by atoms with E-state index in [1.807, 2.05) is 0 Å². The van der Waals surface area contributed by atoms with Crippen molar-refractivity contribution in [3.63, 3.8) is 0 Å². The highest BCUT2D eigenvalue weighted by Crippen LogP contribution is 2.25. The van der Waals surface area contributed by atoms with Gasteiger partial charge in [0, 0.05) is 0 Å². The number of halogens is 2. The van der Waals surface area contributed by atoms with Crippen molar-refractivity contribution in [2.24, 2.45) is 0 Å². The first kappa shape index (κ1) is 16.4. The molecule has 0 radical (unpaired) electrons. The largest absolute Gasteiger partial charge is 0.472 e. The molecule has 7 heteroatoms. The number of hydrogen-bond donors (Lipinski definition) is 1. The minimum absolute atomic E-state index is 0.255. The maximum Gasteiger partial charge on any atom is 0.341 e. The number of nitrogens with one attached hydrogen (secondary N) is 1. The van der Waals surface area contributed by atoms with Crippen molar-refractivity contribution in [1.82, 2.24) is 5.32 Å². The molecule has 1 aromatic heterocycles. The van der Waals surface area contributed by atoms with Gasteiger partial charge >= 0.3 is 5.97 Å². The lowest BCUT2D eigenvalue weighted by atomic mass is 10.1. The van der Waals surface area contributed by atoms with E-state index in [2.05, 4.69) is 5.32 Å². The first-order chi connectivity index (χ1) is 10.5. The second-order valence-electron chi connectivity index (χ2n) is 4.55. The van der Waals surface area contributed by atoms with Crippen molar-refractivity contribution in [2.45, 2.75) is 13.0 Å². The van der Waals surface area contributed by atoms with Gasteiger partial charge in [0.15, 0.2) is 6.61 Å². The predicted molar refractivity (Wildman–Crippen MR) is 82.0 cm³/mol. The molecule has 0 saturated carbocycles. The maximum absolute atomic E-state index is 11.8. The van der Waals surface area contributed by atoms with Crippen LogP contribution in [0.1, 0.15) is 28.9 Å². The van der Waals surface area contributed by atoms with Crippen molar-refractivity contribution in [3.05, 3.63) is 58.0 Å². The first-order valence-electron chi connectivity index (χ1n) is 6.41. The van der Waals surface area contributed by atoms with Gasteiger partial charge in [0.2, 0.25) is 0 Å². The summed E-state index contributed by atoms with van der Waals surface area (Å²) in [5.41, 5.74) is 1.05. The van der Waals surface area contributed by atoms with Crippen LogP contribution in [0.2, 0.25) is 10.0 Å². The van der Waals surface area contributed by atoms with Crippen LogP contribution in [0.15, 0.2) is 41.2 Å². The molecular formula is C15H13Cl2NO4. The SMILES string of the molecule is CC(NC(=O)COC(=O)c1ccoc1)c1ccc(Cl)c(Cl)c1. The zero-order chi connectivity index (χ0) is 16.1. The third-order valence-corrected chi connectivity index (χ3v) is 3.65. The highest BCUT2D eigenvalue weighted by molar-refractivity contribution is 6.42. The smallest absolute Gasteiger partial charge is 0.341 e. The minimum Gasteiger partial charge on any atom is -0.472 e. The van der Waals surface area contributed by atoms with Crippen LogP contribution >= 0.6 is 23.2 Å². The van der Waals surface area contributed by atoms with Crippen LogP contribution in [0.4, 0.5) is 0 Å². The van der Waals surface area contributed by atoms with Crippen LogP contribution in [-0.2, 0) is 9.53 Å². The molecule has 1 aromatic carbocycles. The van der Waals surface area contributed by atoms with Gasteiger partial charge in [-0.2, -0.15) is 0 Å².